The summed E-state index contributed by atoms with van der Waals surface area (Å²) in [6, 6.07) is 13.6. The highest BCUT2D eigenvalue weighted by atomic mass is 32.2. The van der Waals surface area contributed by atoms with Crippen LogP contribution >= 0.6 is 23.1 Å². The van der Waals surface area contributed by atoms with Crippen LogP contribution < -0.4 is 25.7 Å². The molecule has 2 aromatic heterocycles. The van der Waals surface area contributed by atoms with Crippen LogP contribution in [-0.4, -0.2) is 33.9 Å². The number of para-hydroxylation sites is 1. The quantitative estimate of drug-likeness (QED) is 0.310. The van der Waals surface area contributed by atoms with Crippen LogP contribution in [0.1, 0.15) is 10.4 Å². The Morgan fingerprint density at radius 2 is 1.94 bits per heavy atom. The summed E-state index contributed by atoms with van der Waals surface area (Å²) in [5.74, 6) is 0.490. The minimum atomic E-state index is -0.380. The fourth-order valence-corrected chi connectivity index (χ4v) is 4.95. The van der Waals surface area contributed by atoms with Crippen LogP contribution in [0.5, 0.6) is 11.5 Å². The minimum Gasteiger partial charge on any atom is -0.454 e. The van der Waals surface area contributed by atoms with Crippen LogP contribution in [0.2, 0.25) is 0 Å². The Hall–Kier alpha value is -3.83. The van der Waals surface area contributed by atoms with Gasteiger partial charge in [-0.25, -0.2) is 4.98 Å². The lowest BCUT2D eigenvalue weighted by Gasteiger charge is -2.12. The lowest BCUT2D eigenvalue weighted by atomic mass is 10.1. The van der Waals surface area contributed by atoms with Gasteiger partial charge < -0.3 is 20.1 Å². The lowest BCUT2D eigenvalue weighted by Crippen LogP contribution is -2.21. The number of anilines is 2. The number of aromatic nitrogens is 2. The zero-order valence-electron chi connectivity index (χ0n) is 17.9. The Balaban J connectivity index is 1.27. The molecule has 0 radical (unpaired) electrons. The van der Waals surface area contributed by atoms with E-state index >= 15 is 0 Å². The monoisotopic (exact) mass is 494 g/mol. The van der Waals surface area contributed by atoms with Gasteiger partial charge in [-0.3, -0.25) is 19.0 Å². The molecule has 3 heterocycles. The maximum absolute atomic E-state index is 12.9. The summed E-state index contributed by atoms with van der Waals surface area (Å²) in [6.07, 6.45) is 0. The molecule has 0 aliphatic carbocycles. The molecule has 172 valence electrons. The topological polar surface area (TPSA) is 112 Å². The van der Waals surface area contributed by atoms with Gasteiger partial charge in [-0.15, -0.1) is 11.3 Å². The second-order valence-corrected chi connectivity index (χ2v) is 9.16. The van der Waals surface area contributed by atoms with Crippen LogP contribution in [0.25, 0.3) is 10.2 Å². The normalized spacial score (nSPS) is 12.0. The average Bonchev–Trinajstić information content (AvgIpc) is 3.50. The first-order valence-corrected chi connectivity index (χ1v) is 12.0. The molecule has 9 nitrogen and oxygen atoms in total. The summed E-state index contributed by atoms with van der Waals surface area (Å²) in [4.78, 5) is 42.4. The second kappa shape index (κ2) is 9.20. The third-order valence-corrected chi connectivity index (χ3v) is 6.98. The number of carbonyl (C=O) groups excluding carboxylic acids is 2. The average molecular weight is 495 g/mol. The van der Waals surface area contributed by atoms with Crippen molar-refractivity contribution in [3.63, 3.8) is 0 Å². The van der Waals surface area contributed by atoms with E-state index in [9.17, 15) is 14.4 Å². The molecular formula is C23H18N4O5S2. The van der Waals surface area contributed by atoms with Crippen molar-refractivity contribution < 1.29 is 19.1 Å². The number of fused-ring (bicyclic) bond motifs is 2. The molecule has 5 rings (SSSR count). The van der Waals surface area contributed by atoms with E-state index in [1.54, 1.807) is 55.6 Å². The van der Waals surface area contributed by atoms with Crippen LogP contribution in [-0.2, 0) is 11.8 Å². The molecule has 0 bridgehead atoms. The van der Waals surface area contributed by atoms with Gasteiger partial charge in [0.15, 0.2) is 16.7 Å². The smallest absolute Gasteiger partial charge is 0.271 e. The molecule has 34 heavy (non-hydrogen) atoms. The number of hydrogen-bond donors (Lipinski definition) is 2. The SMILES string of the molecule is Cn1c(SCC(=O)Nc2ccccc2C(=O)Nc2ccc3c(c2)OCO3)nc2ccsc2c1=O. The number of amides is 2. The zero-order valence-corrected chi connectivity index (χ0v) is 19.5. The van der Waals surface area contributed by atoms with Gasteiger partial charge in [0.25, 0.3) is 11.5 Å². The van der Waals surface area contributed by atoms with Crippen molar-refractivity contribution in [1.82, 2.24) is 9.55 Å². The molecule has 2 aromatic carbocycles. The van der Waals surface area contributed by atoms with E-state index in [2.05, 4.69) is 15.6 Å². The number of nitrogens with zero attached hydrogens (tertiary/aromatic N) is 2. The van der Waals surface area contributed by atoms with Gasteiger partial charge in [0.05, 0.1) is 22.5 Å². The van der Waals surface area contributed by atoms with Crippen LogP contribution in [0, 0.1) is 0 Å². The Morgan fingerprint density at radius 1 is 1.12 bits per heavy atom. The summed E-state index contributed by atoms with van der Waals surface area (Å²) in [6.45, 7) is 0.143. The lowest BCUT2D eigenvalue weighted by molar-refractivity contribution is -0.113. The molecule has 0 spiro atoms. The molecular weight excluding hydrogens is 476 g/mol. The van der Waals surface area contributed by atoms with Crippen LogP contribution in [0.4, 0.5) is 11.4 Å². The number of hydrogen-bond acceptors (Lipinski definition) is 8. The third kappa shape index (κ3) is 4.35. The Labute approximate surface area is 201 Å². The van der Waals surface area contributed by atoms with Crippen molar-refractivity contribution in [2.75, 3.05) is 23.2 Å². The Morgan fingerprint density at radius 3 is 2.82 bits per heavy atom. The Kier molecular flexibility index (Phi) is 5.95. The molecule has 1 aliphatic heterocycles. The number of nitrogens with one attached hydrogen (secondary N) is 2. The molecule has 11 heteroatoms. The standard InChI is InChI=1S/C23H18N4O5S2/c1-27-22(30)20-16(8-9-33-20)26-23(27)34-11-19(28)25-15-5-3-2-4-14(15)21(29)24-13-6-7-17-18(10-13)32-12-31-17/h2-10H,11-12H2,1H3,(H,24,29)(H,25,28). The second-order valence-electron chi connectivity index (χ2n) is 7.30. The highest BCUT2D eigenvalue weighted by Crippen LogP contribution is 2.34. The maximum atomic E-state index is 12.9. The van der Waals surface area contributed by atoms with Gasteiger partial charge in [-0.2, -0.15) is 0 Å². The van der Waals surface area contributed by atoms with Crippen LogP contribution in [0.3, 0.4) is 0 Å². The number of thioether (sulfide) groups is 1. The fraction of sp³-hybridized carbons (Fsp3) is 0.130. The predicted octanol–water partition coefficient (Wildman–Crippen LogP) is 3.71. The Bertz CT molecular complexity index is 1480. The molecule has 0 fully saturated rings. The summed E-state index contributed by atoms with van der Waals surface area (Å²) in [5.41, 5.74) is 1.70. The molecule has 1 aliphatic rings. The first-order valence-electron chi connectivity index (χ1n) is 10.2. The van der Waals surface area contributed by atoms with Crippen molar-refractivity contribution >= 4 is 56.5 Å². The van der Waals surface area contributed by atoms with Gasteiger partial charge in [0, 0.05) is 18.8 Å². The van der Waals surface area contributed by atoms with E-state index in [0.29, 0.717) is 43.8 Å². The molecule has 0 atom stereocenters. The summed E-state index contributed by atoms with van der Waals surface area (Å²) >= 11 is 2.49. The number of rotatable bonds is 6. The van der Waals surface area contributed by atoms with Gasteiger partial charge >= 0.3 is 0 Å². The van der Waals surface area contributed by atoms with Crippen molar-refractivity contribution in [3.8, 4) is 11.5 Å². The van der Waals surface area contributed by atoms with Crippen molar-refractivity contribution in [2.24, 2.45) is 7.05 Å². The molecule has 0 saturated heterocycles. The first kappa shape index (κ1) is 22.0. The van der Waals surface area contributed by atoms with Gasteiger partial charge in [0.1, 0.15) is 4.70 Å². The summed E-state index contributed by atoms with van der Waals surface area (Å²) < 4.78 is 12.6. The highest BCUT2D eigenvalue weighted by Gasteiger charge is 2.18. The van der Waals surface area contributed by atoms with E-state index in [4.69, 9.17) is 9.47 Å². The molecule has 0 unspecified atom stereocenters. The zero-order chi connectivity index (χ0) is 23.7. The molecule has 2 amide bonds. The molecule has 4 aromatic rings. The number of benzene rings is 2. The van der Waals surface area contributed by atoms with Crippen molar-refractivity contribution in [1.29, 1.82) is 0 Å². The van der Waals surface area contributed by atoms with Crippen molar-refractivity contribution in [2.45, 2.75) is 5.16 Å². The maximum Gasteiger partial charge on any atom is 0.271 e. The van der Waals surface area contributed by atoms with E-state index in [0.717, 1.165) is 11.8 Å². The van der Waals surface area contributed by atoms with Gasteiger partial charge in [0.2, 0.25) is 12.7 Å². The molecule has 2 N–H and O–H groups in total. The first-order chi connectivity index (χ1) is 16.5. The van der Waals surface area contributed by atoms with Crippen LogP contribution in [0.15, 0.2) is 63.9 Å². The summed E-state index contributed by atoms with van der Waals surface area (Å²) in [7, 11) is 1.63. The third-order valence-electron chi connectivity index (χ3n) is 5.05. The molecule has 0 saturated carbocycles. The predicted molar refractivity (Wildman–Crippen MR) is 131 cm³/mol. The number of carbonyl (C=O) groups is 2. The largest absolute Gasteiger partial charge is 0.454 e. The van der Waals surface area contributed by atoms with Gasteiger partial charge in [-0.1, -0.05) is 23.9 Å². The van der Waals surface area contributed by atoms with Crippen molar-refractivity contribution in [3.05, 3.63) is 69.8 Å². The minimum absolute atomic E-state index is 0.0219. The summed E-state index contributed by atoms with van der Waals surface area (Å²) in [5, 5.41) is 7.84. The number of thiophene rings is 1. The number of ether oxygens (including phenoxy) is 2. The highest BCUT2D eigenvalue weighted by molar-refractivity contribution is 7.99. The van der Waals surface area contributed by atoms with Gasteiger partial charge in [-0.05, 0) is 35.7 Å². The van der Waals surface area contributed by atoms with E-state index in [-0.39, 0.29) is 29.9 Å². The fourth-order valence-electron chi connectivity index (χ4n) is 3.38. The van der Waals surface area contributed by atoms with E-state index in [1.165, 1.54) is 15.9 Å². The van der Waals surface area contributed by atoms with E-state index in [1.807, 2.05) is 5.38 Å². The van der Waals surface area contributed by atoms with E-state index < -0.39 is 0 Å².